The first kappa shape index (κ1) is 22.4. The molecule has 1 fully saturated rings. The number of fused-ring (bicyclic) bond motifs is 1. The van der Waals surface area contributed by atoms with E-state index in [9.17, 15) is 18.8 Å². The molecular weight excluding hydrogens is 455 g/mol. The second kappa shape index (κ2) is 9.12. The SMILES string of the molecule is Cc1cn(CC(=O)N2CCC[C@@H](Nc3ccnc(-c4cnc5ccc(F)cn45)n3)C2)c(=O)[nH]c1=O. The second-order valence-electron chi connectivity index (χ2n) is 8.51. The Labute approximate surface area is 198 Å². The standard InChI is InChI=1S/C23H23FN8O3/c1-14-10-31(23(35)29-22(14)34)13-20(33)30-8-2-3-16(12-30)27-18-6-7-25-21(28-18)17-9-26-19-5-4-15(24)11-32(17)19/h4-7,9-11,16H,2-3,8,12-13H2,1H3,(H,25,27,28)(H,29,34,35)/t16-/m1/s1. The minimum absolute atomic E-state index is 0.0517. The summed E-state index contributed by atoms with van der Waals surface area (Å²) in [7, 11) is 0. The van der Waals surface area contributed by atoms with Gasteiger partial charge >= 0.3 is 5.69 Å². The Balaban J connectivity index is 1.29. The number of halogens is 1. The monoisotopic (exact) mass is 478 g/mol. The number of aryl methyl sites for hydroxylation is 1. The predicted octanol–water partition coefficient (Wildman–Crippen LogP) is 1.19. The Morgan fingerprint density at radius 2 is 2.09 bits per heavy atom. The first-order chi connectivity index (χ1) is 16.9. The van der Waals surface area contributed by atoms with E-state index in [4.69, 9.17) is 0 Å². The van der Waals surface area contributed by atoms with Crippen molar-refractivity contribution in [3.63, 3.8) is 0 Å². The summed E-state index contributed by atoms with van der Waals surface area (Å²) >= 11 is 0. The zero-order valence-corrected chi connectivity index (χ0v) is 18.9. The molecule has 1 aliphatic rings. The van der Waals surface area contributed by atoms with Crippen molar-refractivity contribution in [1.82, 2.24) is 33.8 Å². The lowest BCUT2D eigenvalue weighted by atomic mass is 10.1. The van der Waals surface area contributed by atoms with Crippen LogP contribution in [0.5, 0.6) is 0 Å². The van der Waals surface area contributed by atoms with E-state index in [1.54, 1.807) is 40.8 Å². The first-order valence-electron chi connectivity index (χ1n) is 11.2. The molecule has 0 aliphatic carbocycles. The summed E-state index contributed by atoms with van der Waals surface area (Å²) in [6.07, 6.45) is 7.55. The van der Waals surface area contributed by atoms with E-state index in [0.29, 0.717) is 41.6 Å². The molecule has 12 heteroatoms. The summed E-state index contributed by atoms with van der Waals surface area (Å²) in [6, 6.07) is 4.60. The molecule has 1 saturated heterocycles. The third-order valence-corrected chi connectivity index (χ3v) is 5.97. The van der Waals surface area contributed by atoms with Crippen LogP contribution in [0.15, 0.2) is 52.6 Å². The lowest BCUT2D eigenvalue weighted by molar-refractivity contribution is -0.133. The number of likely N-dealkylation sites (tertiary alicyclic amines) is 1. The molecule has 5 rings (SSSR count). The van der Waals surface area contributed by atoms with Gasteiger partial charge < -0.3 is 10.2 Å². The summed E-state index contributed by atoms with van der Waals surface area (Å²) in [4.78, 5) is 53.5. The average Bonchev–Trinajstić information content (AvgIpc) is 3.26. The molecule has 5 heterocycles. The van der Waals surface area contributed by atoms with E-state index in [-0.39, 0.29) is 18.5 Å². The molecule has 2 N–H and O–H groups in total. The van der Waals surface area contributed by atoms with Crippen LogP contribution in [0.4, 0.5) is 10.2 Å². The van der Waals surface area contributed by atoms with Gasteiger partial charge in [0, 0.05) is 43.3 Å². The number of aromatic amines is 1. The lowest BCUT2D eigenvalue weighted by Crippen LogP contribution is -2.47. The highest BCUT2D eigenvalue weighted by Crippen LogP contribution is 2.20. The maximum Gasteiger partial charge on any atom is 0.328 e. The average molecular weight is 478 g/mol. The Kier molecular flexibility index (Phi) is 5.85. The molecule has 0 radical (unpaired) electrons. The number of rotatable bonds is 5. The van der Waals surface area contributed by atoms with Crippen LogP contribution in [0.1, 0.15) is 18.4 Å². The van der Waals surface area contributed by atoms with Crippen molar-refractivity contribution in [2.75, 3.05) is 18.4 Å². The van der Waals surface area contributed by atoms with E-state index in [1.165, 1.54) is 23.0 Å². The van der Waals surface area contributed by atoms with E-state index >= 15 is 0 Å². The number of nitrogens with zero attached hydrogens (tertiary/aromatic N) is 6. The van der Waals surface area contributed by atoms with Crippen molar-refractivity contribution < 1.29 is 9.18 Å². The van der Waals surface area contributed by atoms with Gasteiger partial charge in [0.15, 0.2) is 5.82 Å². The molecule has 4 aromatic rings. The van der Waals surface area contributed by atoms with E-state index in [1.807, 2.05) is 0 Å². The molecule has 0 spiro atoms. The third-order valence-electron chi connectivity index (χ3n) is 5.97. The number of hydrogen-bond donors (Lipinski definition) is 2. The van der Waals surface area contributed by atoms with E-state index < -0.39 is 17.1 Å². The fraction of sp³-hybridized carbons (Fsp3) is 0.304. The van der Waals surface area contributed by atoms with Crippen molar-refractivity contribution in [1.29, 1.82) is 0 Å². The van der Waals surface area contributed by atoms with Gasteiger partial charge in [-0.15, -0.1) is 0 Å². The summed E-state index contributed by atoms with van der Waals surface area (Å²) in [5, 5.41) is 3.35. The van der Waals surface area contributed by atoms with Crippen molar-refractivity contribution in [2.24, 2.45) is 0 Å². The number of H-pyrrole nitrogens is 1. The Bertz CT molecular complexity index is 1530. The van der Waals surface area contributed by atoms with Crippen LogP contribution in [-0.2, 0) is 11.3 Å². The number of anilines is 1. The zero-order chi connectivity index (χ0) is 24.5. The first-order valence-corrected chi connectivity index (χ1v) is 11.2. The molecule has 0 saturated carbocycles. The minimum atomic E-state index is -0.610. The van der Waals surface area contributed by atoms with Crippen molar-refractivity contribution in [2.45, 2.75) is 32.4 Å². The highest BCUT2D eigenvalue weighted by Gasteiger charge is 2.24. The van der Waals surface area contributed by atoms with Gasteiger partial charge in [0.2, 0.25) is 5.91 Å². The number of pyridine rings is 1. The number of aromatic nitrogens is 6. The van der Waals surface area contributed by atoms with E-state index in [0.717, 1.165) is 12.8 Å². The van der Waals surface area contributed by atoms with Crippen LogP contribution in [-0.4, -0.2) is 58.8 Å². The highest BCUT2D eigenvalue weighted by atomic mass is 19.1. The van der Waals surface area contributed by atoms with Crippen molar-refractivity contribution >= 4 is 17.4 Å². The Hall–Kier alpha value is -4.35. The van der Waals surface area contributed by atoms with Crippen LogP contribution in [0.3, 0.4) is 0 Å². The van der Waals surface area contributed by atoms with Crippen LogP contribution < -0.4 is 16.6 Å². The van der Waals surface area contributed by atoms with Gasteiger partial charge in [-0.1, -0.05) is 0 Å². The molecule has 1 aliphatic heterocycles. The second-order valence-corrected chi connectivity index (χ2v) is 8.51. The maximum absolute atomic E-state index is 13.7. The summed E-state index contributed by atoms with van der Waals surface area (Å²) in [6.45, 7) is 2.46. The van der Waals surface area contributed by atoms with Gasteiger partial charge in [-0.25, -0.2) is 24.1 Å². The van der Waals surface area contributed by atoms with Gasteiger partial charge in [0.1, 0.15) is 29.5 Å². The van der Waals surface area contributed by atoms with Crippen LogP contribution >= 0.6 is 0 Å². The Morgan fingerprint density at radius 3 is 2.94 bits per heavy atom. The number of hydrogen-bond acceptors (Lipinski definition) is 7. The summed E-state index contributed by atoms with van der Waals surface area (Å²) in [5.74, 6) is 0.372. The smallest absolute Gasteiger partial charge is 0.328 e. The molecule has 180 valence electrons. The lowest BCUT2D eigenvalue weighted by Gasteiger charge is -2.33. The molecule has 0 unspecified atom stereocenters. The number of piperidine rings is 1. The fourth-order valence-electron chi connectivity index (χ4n) is 4.19. The van der Waals surface area contributed by atoms with Gasteiger partial charge in [-0.2, -0.15) is 0 Å². The van der Waals surface area contributed by atoms with Gasteiger partial charge in [-0.3, -0.25) is 23.5 Å². The third kappa shape index (κ3) is 4.67. The largest absolute Gasteiger partial charge is 0.365 e. The minimum Gasteiger partial charge on any atom is -0.365 e. The Morgan fingerprint density at radius 1 is 1.23 bits per heavy atom. The van der Waals surface area contributed by atoms with E-state index in [2.05, 4.69) is 25.3 Å². The maximum atomic E-state index is 13.7. The highest BCUT2D eigenvalue weighted by molar-refractivity contribution is 5.76. The molecule has 11 nitrogen and oxygen atoms in total. The molecule has 35 heavy (non-hydrogen) atoms. The van der Waals surface area contributed by atoms with Gasteiger partial charge in [0.25, 0.3) is 5.56 Å². The van der Waals surface area contributed by atoms with Crippen molar-refractivity contribution in [3.8, 4) is 11.5 Å². The normalized spacial score (nSPS) is 15.9. The summed E-state index contributed by atoms with van der Waals surface area (Å²) < 4.78 is 16.5. The number of imidazole rings is 1. The number of carbonyl (C=O) groups excluding carboxylic acids is 1. The molecule has 0 aromatic carbocycles. The van der Waals surface area contributed by atoms with Gasteiger partial charge in [0.05, 0.1) is 6.20 Å². The molecule has 0 bridgehead atoms. The molecule has 1 atom stereocenters. The molecular formula is C23H23FN8O3. The van der Waals surface area contributed by atoms with Crippen LogP contribution in [0.25, 0.3) is 17.2 Å². The fourth-order valence-corrected chi connectivity index (χ4v) is 4.19. The van der Waals surface area contributed by atoms with Crippen LogP contribution in [0, 0.1) is 12.7 Å². The molecule has 1 amide bonds. The van der Waals surface area contributed by atoms with Crippen molar-refractivity contribution in [3.05, 3.63) is 75.2 Å². The predicted molar refractivity (Wildman–Crippen MR) is 125 cm³/mol. The zero-order valence-electron chi connectivity index (χ0n) is 18.9. The quantitative estimate of drug-likeness (QED) is 0.441. The number of carbonyl (C=O) groups is 1. The number of amides is 1. The number of nitrogens with one attached hydrogen (secondary N) is 2. The topological polar surface area (TPSA) is 130 Å². The van der Waals surface area contributed by atoms with Crippen LogP contribution in [0.2, 0.25) is 0 Å². The van der Waals surface area contributed by atoms with Gasteiger partial charge in [-0.05, 0) is 38.0 Å². The molecule has 4 aromatic heterocycles. The summed E-state index contributed by atoms with van der Waals surface area (Å²) in [5.41, 5.74) is 0.441.